The van der Waals surface area contributed by atoms with E-state index in [0.717, 1.165) is 23.7 Å². The van der Waals surface area contributed by atoms with Crippen molar-refractivity contribution >= 4 is 21.9 Å². The van der Waals surface area contributed by atoms with Crippen LogP contribution in [0.5, 0.6) is 0 Å². The lowest BCUT2D eigenvalue weighted by molar-refractivity contribution is -0.0837. The topological polar surface area (TPSA) is 51.5 Å². The van der Waals surface area contributed by atoms with Gasteiger partial charge in [-0.25, -0.2) is 4.79 Å². The van der Waals surface area contributed by atoms with Crippen LogP contribution >= 0.6 is 15.9 Å². The molecule has 0 saturated heterocycles. The highest BCUT2D eigenvalue weighted by molar-refractivity contribution is 9.10. The van der Waals surface area contributed by atoms with E-state index >= 15 is 0 Å². The first-order valence-corrected chi connectivity index (χ1v) is 6.00. The fourth-order valence-electron chi connectivity index (χ4n) is 2.09. The third kappa shape index (κ3) is 2.01. The van der Waals surface area contributed by atoms with E-state index in [4.69, 9.17) is 9.84 Å². The zero-order chi connectivity index (χ0) is 11.8. The number of ether oxygens (including phenoxy) is 1. The summed E-state index contributed by atoms with van der Waals surface area (Å²) < 4.78 is 8.03. The van der Waals surface area contributed by atoms with Gasteiger partial charge in [0.05, 0.1) is 12.1 Å². The summed E-state index contributed by atoms with van der Waals surface area (Å²) in [6.45, 7) is 0.608. The van der Waals surface area contributed by atoms with Gasteiger partial charge in [-0.15, -0.1) is 0 Å². The van der Waals surface area contributed by atoms with Crippen LogP contribution < -0.4 is 0 Å². The number of nitrogens with zero attached hydrogens (tertiary/aromatic N) is 1. The molecular formula is C11H14BrNO3. The molecule has 0 amide bonds. The molecule has 5 heteroatoms. The number of aromatic carboxylic acids is 1. The van der Waals surface area contributed by atoms with E-state index in [-0.39, 0.29) is 5.60 Å². The predicted octanol–water partition coefficient (Wildman–Crippen LogP) is 2.52. The molecule has 2 rings (SSSR count). The van der Waals surface area contributed by atoms with Crippen LogP contribution in [-0.4, -0.2) is 28.4 Å². The number of carboxylic acid groups (broad SMARTS) is 1. The fourth-order valence-corrected chi connectivity index (χ4v) is 2.56. The van der Waals surface area contributed by atoms with Crippen molar-refractivity contribution < 1.29 is 14.6 Å². The van der Waals surface area contributed by atoms with E-state index < -0.39 is 5.97 Å². The molecule has 1 aromatic rings. The third-order valence-electron chi connectivity index (χ3n) is 3.24. The average molecular weight is 288 g/mol. The third-order valence-corrected chi connectivity index (χ3v) is 3.67. The summed E-state index contributed by atoms with van der Waals surface area (Å²) in [4.78, 5) is 11.0. The fraction of sp³-hybridized carbons (Fsp3) is 0.545. The average Bonchev–Trinajstić information content (AvgIpc) is 2.53. The van der Waals surface area contributed by atoms with Gasteiger partial charge in [0.15, 0.2) is 0 Å². The van der Waals surface area contributed by atoms with Crippen LogP contribution in [-0.2, 0) is 11.3 Å². The normalized spacial score (nSPS) is 18.1. The first-order chi connectivity index (χ1) is 7.56. The van der Waals surface area contributed by atoms with Gasteiger partial charge in [-0.1, -0.05) is 0 Å². The summed E-state index contributed by atoms with van der Waals surface area (Å²) in [7, 11) is 1.69. The second-order valence-electron chi connectivity index (χ2n) is 4.22. The zero-order valence-electron chi connectivity index (χ0n) is 9.07. The lowest BCUT2D eigenvalue weighted by Crippen LogP contribution is -2.43. The number of rotatable bonds is 4. The first-order valence-electron chi connectivity index (χ1n) is 5.20. The minimum atomic E-state index is -0.906. The second kappa shape index (κ2) is 4.22. The van der Waals surface area contributed by atoms with Crippen LogP contribution in [0.2, 0.25) is 0 Å². The van der Waals surface area contributed by atoms with Gasteiger partial charge in [-0.05, 0) is 41.3 Å². The molecule has 1 aliphatic rings. The maximum atomic E-state index is 11.0. The molecule has 1 N–H and O–H groups in total. The molecule has 0 atom stereocenters. The number of halogens is 1. The monoisotopic (exact) mass is 287 g/mol. The van der Waals surface area contributed by atoms with E-state index in [1.807, 2.05) is 0 Å². The molecule has 0 radical (unpaired) electrons. The van der Waals surface area contributed by atoms with E-state index in [0.29, 0.717) is 12.2 Å². The number of carbonyl (C=O) groups is 1. The molecule has 0 bridgehead atoms. The summed E-state index contributed by atoms with van der Waals surface area (Å²) in [6.07, 6.45) is 4.94. The van der Waals surface area contributed by atoms with Crippen LogP contribution in [0.15, 0.2) is 16.7 Å². The van der Waals surface area contributed by atoms with Crippen molar-refractivity contribution in [1.82, 2.24) is 4.57 Å². The molecule has 1 heterocycles. The van der Waals surface area contributed by atoms with Crippen LogP contribution in [0.4, 0.5) is 0 Å². The molecule has 4 nitrogen and oxygen atoms in total. The zero-order valence-corrected chi connectivity index (χ0v) is 10.7. The largest absolute Gasteiger partial charge is 0.477 e. The van der Waals surface area contributed by atoms with E-state index in [1.54, 1.807) is 23.9 Å². The first kappa shape index (κ1) is 11.7. The number of hydrogen-bond donors (Lipinski definition) is 1. The van der Waals surface area contributed by atoms with Crippen molar-refractivity contribution in [2.45, 2.75) is 31.4 Å². The van der Waals surface area contributed by atoms with E-state index in [9.17, 15) is 4.79 Å². The molecule has 1 aromatic heterocycles. The Kier molecular flexibility index (Phi) is 3.08. The standard InChI is InChI=1S/C11H14BrNO3/c1-16-11(3-2-4-11)7-13-6-8(12)5-9(13)10(14)15/h5-6H,2-4,7H2,1H3,(H,14,15). The highest BCUT2D eigenvalue weighted by Crippen LogP contribution is 2.37. The van der Waals surface area contributed by atoms with E-state index in [1.165, 1.54) is 0 Å². The number of hydrogen-bond acceptors (Lipinski definition) is 2. The van der Waals surface area contributed by atoms with Gasteiger partial charge in [0.1, 0.15) is 5.69 Å². The number of methoxy groups -OCH3 is 1. The number of aromatic nitrogens is 1. The van der Waals surface area contributed by atoms with Gasteiger partial charge in [0.2, 0.25) is 0 Å². The van der Waals surface area contributed by atoms with Gasteiger partial charge in [0.25, 0.3) is 0 Å². The molecule has 0 aromatic carbocycles. The molecular weight excluding hydrogens is 274 g/mol. The summed E-state index contributed by atoms with van der Waals surface area (Å²) >= 11 is 3.30. The van der Waals surface area contributed by atoms with Crippen LogP contribution in [0.3, 0.4) is 0 Å². The van der Waals surface area contributed by atoms with Crippen molar-refractivity contribution in [3.8, 4) is 0 Å². The molecule has 88 valence electrons. The summed E-state index contributed by atoms with van der Waals surface area (Å²) in [6, 6.07) is 1.62. The Bertz CT molecular complexity index is 404. The van der Waals surface area contributed by atoms with Gasteiger partial charge in [-0.2, -0.15) is 0 Å². The molecule has 16 heavy (non-hydrogen) atoms. The second-order valence-corrected chi connectivity index (χ2v) is 5.13. The highest BCUT2D eigenvalue weighted by Gasteiger charge is 2.38. The van der Waals surface area contributed by atoms with Gasteiger partial charge in [-0.3, -0.25) is 0 Å². The maximum absolute atomic E-state index is 11.0. The SMILES string of the molecule is COC1(Cn2cc(Br)cc2C(=O)O)CCC1. The van der Waals surface area contributed by atoms with Crippen LogP contribution in [0.1, 0.15) is 29.8 Å². The Morgan fingerprint density at radius 3 is 2.81 bits per heavy atom. The minimum Gasteiger partial charge on any atom is -0.477 e. The highest BCUT2D eigenvalue weighted by atomic mass is 79.9. The minimum absolute atomic E-state index is 0.164. The van der Waals surface area contributed by atoms with E-state index in [2.05, 4.69) is 15.9 Å². The number of carboxylic acids is 1. The van der Waals surface area contributed by atoms with Crippen molar-refractivity contribution in [2.24, 2.45) is 0 Å². The Balaban J connectivity index is 2.23. The predicted molar refractivity (Wildman–Crippen MR) is 62.7 cm³/mol. The van der Waals surface area contributed by atoms with Crippen molar-refractivity contribution in [2.75, 3.05) is 7.11 Å². The summed E-state index contributed by atoms with van der Waals surface area (Å²) in [5.41, 5.74) is 0.137. The Hall–Kier alpha value is -0.810. The molecule has 1 fully saturated rings. The molecule has 0 unspecified atom stereocenters. The quantitative estimate of drug-likeness (QED) is 0.926. The molecule has 1 aliphatic carbocycles. The molecule has 0 spiro atoms. The Labute approximate surface area is 102 Å². The van der Waals surface area contributed by atoms with Gasteiger partial charge in [0, 0.05) is 17.8 Å². The Morgan fingerprint density at radius 1 is 1.69 bits per heavy atom. The lowest BCUT2D eigenvalue weighted by Gasteiger charge is -2.40. The maximum Gasteiger partial charge on any atom is 0.352 e. The molecule has 1 saturated carbocycles. The van der Waals surface area contributed by atoms with Crippen molar-refractivity contribution in [3.63, 3.8) is 0 Å². The lowest BCUT2D eigenvalue weighted by atomic mass is 9.80. The Morgan fingerprint density at radius 2 is 2.38 bits per heavy atom. The summed E-state index contributed by atoms with van der Waals surface area (Å²) in [5.74, 6) is -0.906. The van der Waals surface area contributed by atoms with Crippen LogP contribution in [0, 0.1) is 0 Å². The van der Waals surface area contributed by atoms with Crippen molar-refractivity contribution in [3.05, 3.63) is 22.4 Å². The smallest absolute Gasteiger partial charge is 0.352 e. The van der Waals surface area contributed by atoms with Crippen LogP contribution in [0.25, 0.3) is 0 Å². The van der Waals surface area contributed by atoms with Gasteiger partial charge >= 0.3 is 5.97 Å². The van der Waals surface area contributed by atoms with Gasteiger partial charge < -0.3 is 14.4 Å². The van der Waals surface area contributed by atoms with Crippen molar-refractivity contribution in [1.29, 1.82) is 0 Å². The molecule has 0 aliphatic heterocycles. The summed E-state index contributed by atoms with van der Waals surface area (Å²) in [5, 5.41) is 9.06.